The molecule has 0 aromatic heterocycles. The zero-order chi connectivity index (χ0) is 16.9. The Morgan fingerprint density at radius 3 is 2.48 bits per heavy atom. The van der Waals surface area contributed by atoms with Gasteiger partial charge in [-0.1, -0.05) is 30.3 Å². The fraction of sp³-hybridized carbons (Fsp3) is 0.222. The first-order valence-corrected chi connectivity index (χ1v) is 7.24. The Balaban J connectivity index is 0.000000284. The van der Waals surface area contributed by atoms with Crippen LogP contribution in [-0.4, -0.2) is 18.2 Å². The Morgan fingerprint density at radius 2 is 1.83 bits per heavy atom. The standard InChI is InChI=1S/C13H10O2.C5H10O3/c14-12-6-7-13(15)11(9-12)8-10-4-2-1-3-5-10;1-3-5-7-8-6-4-2/h1-7,9H,8H2;3,5H,4H2,1-2H3/b;5-3+. The summed E-state index contributed by atoms with van der Waals surface area (Å²) in [6, 6.07) is 9.64. The molecule has 0 spiro atoms. The summed E-state index contributed by atoms with van der Waals surface area (Å²) >= 11 is 0. The summed E-state index contributed by atoms with van der Waals surface area (Å²) in [5, 5.41) is 4.14. The van der Waals surface area contributed by atoms with Crippen molar-refractivity contribution >= 4 is 11.6 Å². The van der Waals surface area contributed by atoms with Crippen LogP contribution in [0.3, 0.4) is 0 Å². The van der Waals surface area contributed by atoms with Crippen molar-refractivity contribution in [3.63, 3.8) is 0 Å². The third kappa shape index (κ3) is 7.90. The number of ketones is 2. The predicted octanol–water partition coefficient (Wildman–Crippen LogP) is 3.28. The van der Waals surface area contributed by atoms with Crippen molar-refractivity contribution in [2.75, 3.05) is 6.61 Å². The molecule has 0 aliphatic heterocycles. The summed E-state index contributed by atoms with van der Waals surface area (Å²) in [4.78, 5) is 31.2. The predicted molar refractivity (Wildman–Crippen MR) is 86.0 cm³/mol. The number of hydrogen-bond acceptors (Lipinski definition) is 5. The largest absolute Gasteiger partial charge is 0.317 e. The zero-order valence-electron chi connectivity index (χ0n) is 13.2. The number of hydrogen-bond donors (Lipinski definition) is 0. The van der Waals surface area contributed by atoms with E-state index in [-0.39, 0.29) is 11.6 Å². The highest BCUT2D eigenvalue weighted by Gasteiger charge is 2.12. The fourth-order valence-electron chi connectivity index (χ4n) is 1.66. The first-order valence-electron chi connectivity index (χ1n) is 7.24. The van der Waals surface area contributed by atoms with Gasteiger partial charge in [0.05, 0.1) is 6.61 Å². The molecule has 1 aromatic carbocycles. The van der Waals surface area contributed by atoms with Gasteiger partial charge in [-0.15, -0.1) is 0 Å². The lowest BCUT2D eigenvalue weighted by Crippen LogP contribution is -2.09. The minimum Gasteiger partial charge on any atom is -0.317 e. The highest BCUT2D eigenvalue weighted by Crippen LogP contribution is 2.12. The maximum atomic E-state index is 11.4. The third-order valence-corrected chi connectivity index (χ3v) is 2.67. The van der Waals surface area contributed by atoms with Gasteiger partial charge in [0.1, 0.15) is 6.26 Å². The van der Waals surface area contributed by atoms with E-state index in [2.05, 4.69) is 14.8 Å². The van der Waals surface area contributed by atoms with Gasteiger partial charge >= 0.3 is 0 Å². The summed E-state index contributed by atoms with van der Waals surface area (Å²) < 4.78 is 0. The van der Waals surface area contributed by atoms with Gasteiger partial charge in [0, 0.05) is 12.0 Å². The highest BCUT2D eigenvalue weighted by atomic mass is 17.5. The topological polar surface area (TPSA) is 61.8 Å². The van der Waals surface area contributed by atoms with E-state index >= 15 is 0 Å². The van der Waals surface area contributed by atoms with Gasteiger partial charge in [-0.3, -0.25) is 9.59 Å². The lowest BCUT2D eigenvalue weighted by Gasteiger charge is -2.06. The molecule has 0 bridgehead atoms. The van der Waals surface area contributed by atoms with E-state index in [1.165, 1.54) is 24.5 Å². The molecule has 2 rings (SSSR count). The van der Waals surface area contributed by atoms with E-state index in [0.29, 0.717) is 18.6 Å². The lowest BCUT2D eigenvalue weighted by molar-refractivity contribution is -0.488. The van der Waals surface area contributed by atoms with Crippen molar-refractivity contribution in [2.24, 2.45) is 0 Å². The van der Waals surface area contributed by atoms with Crippen molar-refractivity contribution in [3.05, 3.63) is 72.0 Å². The van der Waals surface area contributed by atoms with Crippen molar-refractivity contribution in [1.82, 2.24) is 0 Å². The molecule has 1 aliphatic carbocycles. The molecule has 0 heterocycles. The van der Waals surface area contributed by atoms with E-state index in [0.717, 1.165) is 5.56 Å². The Hall–Kier alpha value is -2.50. The molecule has 0 unspecified atom stereocenters. The molecule has 5 nitrogen and oxygen atoms in total. The van der Waals surface area contributed by atoms with E-state index in [1.807, 2.05) is 37.3 Å². The van der Waals surface area contributed by atoms with Gasteiger partial charge in [0.25, 0.3) is 0 Å². The summed E-state index contributed by atoms with van der Waals surface area (Å²) in [5.74, 6) is -0.181. The van der Waals surface area contributed by atoms with Crippen LogP contribution in [0.5, 0.6) is 0 Å². The second kappa shape index (κ2) is 11.1. The molecule has 0 fully saturated rings. The second-order valence-corrected chi connectivity index (χ2v) is 4.47. The normalized spacial score (nSPS) is 13.6. The molecule has 0 atom stereocenters. The fourth-order valence-corrected chi connectivity index (χ4v) is 1.66. The molecule has 5 heteroatoms. The van der Waals surface area contributed by atoms with Crippen LogP contribution in [0.2, 0.25) is 0 Å². The minimum atomic E-state index is -0.111. The van der Waals surface area contributed by atoms with Crippen molar-refractivity contribution in [3.8, 4) is 0 Å². The molecule has 23 heavy (non-hydrogen) atoms. The monoisotopic (exact) mass is 316 g/mol. The van der Waals surface area contributed by atoms with Crippen molar-refractivity contribution in [1.29, 1.82) is 0 Å². The van der Waals surface area contributed by atoms with Crippen LogP contribution in [0.1, 0.15) is 19.4 Å². The van der Waals surface area contributed by atoms with Gasteiger partial charge in [-0.05, 0) is 48.8 Å². The van der Waals surface area contributed by atoms with Gasteiger partial charge in [0.15, 0.2) is 11.6 Å². The van der Waals surface area contributed by atoms with Crippen LogP contribution in [0.25, 0.3) is 0 Å². The summed E-state index contributed by atoms with van der Waals surface area (Å²) in [5.41, 5.74) is 1.61. The first-order chi connectivity index (χ1) is 11.2. The maximum absolute atomic E-state index is 11.4. The van der Waals surface area contributed by atoms with E-state index in [4.69, 9.17) is 0 Å². The van der Waals surface area contributed by atoms with E-state index < -0.39 is 0 Å². The second-order valence-electron chi connectivity index (χ2n) is 4.47. The van der Waals surface area contributed by atoms with Crippen LogP contribution in [0.15, 0.2) is 66.5 Å². The number of rotatable bonds is 6. The van der Waals surface area contributed by atoms with Gasteiger partial charge < -0.3 is 4.89 Å². The van der Waals surface area contributed by atoms with Crippen LogP contribution < -0.4 is 0 Å². The molecule has 122 valence electrons. The Morgan fingerprint density at radius 1 is 1.09 bits per heavy atom. The average Bonchev–Trinajstić information content (AvgIpc) is 2.57. The smallest absolute Gasteiger partial charge is 0.182 e. The summed E-state index contributed by atoms with van der Waals surface area (Å²) in [6.45, 7) is 4.10. The van der Waals surface area contributed by atoms with Crippen LogP contribution in [0, 0.1) is 0 Å². The van der Waals surface area contributed by atoms with Gasteiger partial charge in [-0.2, -0.15) is 4.89 Å². The van der Waals surface area contributed by atoms with Crippen LogP contribution in [0.4, 0.5) is 0 Å². The molecular formula is C18H20O5. The Labute approximate surface area is 135 Å². The van der Waals surface area contributed by atoms with Crippen molar-refractivity contribution in [2.45, 2.75) is 20.3 Å². The highest BCUT2D eigenvalue weighted by molar-refractivity contribution is 6.17. The molecule has 0 amide bonds. The van der Waals surface area contributed by atoms with Gasteiger partial charge in [-0.25, -0.2) is 0 Å². The minimum absolute atomic E-state index is 0.0709. The zero-order valence-corrected chi connectivity index (χ0v) is 13.2. The Kier molecular flexibility index (Phi) is 8.97. The Bertz CT molecular complexity index is 585. The molecular weight excluding hydrogens is 296 g/mol. The van der Waals surface area contributed by atoms with Gasteiger partial charge in [0.2, 0.25) is 0 Å². The maximum Gasteiger partial charge on any atom is 0.182 e. The van der Waals surface area contributed by atoms with Crippen molar-refractivity contribution < 1.29 is 24.4 Å². The summed E-state index contributed by atoms with van der Waals surface area (Å²) in [7, 11) is 0. The number of allylic oxidation sites excluding steroid dienone is 5. The quantitative estimate of drug-likeness (QED) is 0.265. The molecule has 0 saturated carbocycles. The molecule has 1 aliphatic rings. The molecule has 0 N–H and O–H groups in total. The number of benzene rings is 1. The molecule has 1 aromatic rings. The average molecular weight is 316 g/mol. The summed E-state index contributed by atoms with van der Waals surface area (Å²) in [6.07, 6.45) is 7.65. The van der Waals surface area contributed by atoms with Crippen LogP contribution in [-0.2, 0) is 30.8 Å². The molecule has 0 saturated heterocycles. The number of carbonyl (C=O) groups excluding carboxylic acids is 2. The van der Waals surface area contributed by atoms with E-state index in [1.54, 1.807) is 13.0 Å². The molecule has 0 radical (unpaired) electrons. The van der Waals surface area contributed by atoms with Crippen LogP contribution >= 0.6 is 0 Å². The first kappa shape index (κ1) is 18.5. The SMILES string of the molecule is C/C=C/OOOCC.O=C1C=CC(=O)C(Cc2ccccc2)=C1. The number of carbonyl (C=O) groups is 2. The lowest BCUT2D eigenvalue weighted by atomic mass is 9.97. The third-order valence-electron chi connectivity index (χ3n) is 2.67. The van der Waals surface area contributed by atoms with E-state index in [9.17, 15) is 9.59 Å².